The van der Waals surface area contributed by atoms with Gasteiger partial charge >= 0.3 is 5.97 Å². The van der Waals surface area contributed by atoms with Gasteiger partial charge in [0.1, 0.15) is 6.10 Å². The Kier molecular flexibility index (Phi) is 2.64. The number of hydrogen-bond acceptors (Lipinski definition) is 4. The van der Waals surface area contributed by atoms with E-state index in [0.29, 0.717) is 23.5 Å². The average Bonchev–Trinajstić information content (AvgIpc) is 2.56. The summed E-state index contributed by atoms with van der Waals surface area (Å²) >= 11 is 0. The van der Waals surface area contributed by atoms with Crippen LogP contribution in [0.2, 0.25) is 0 Å². The molecule has 2 saturated carbocycles. The van der Waals surface area contributed by atoms with Crippen molar-refractivity contribution >= 4 is 5.97 Å². The van der Waals surface area contributed by atoms with Gasteiger partial charge in [0.25, 0.3) is 5.79 Å². The second-order valence-electron chi connectivity index (χ2n) is 6.76. The molecule has 19 heavy (non-hydrogen) atoms. The summed E-state index contributed by atoms with van der Waals surface area (Å²) in [7, 11) is 0. The summed E-state index contributed by atoms with van der Waals surface area (Å²) in [5, 5.41) is 21.2. The van der Waals surface area contributed by atoms with Crippen LogP contribution in [0.3, 0.4) is 0 Å². The van der Waals surface area contributed by atoms with E-state index in [2.05, 4.69) is 13.8 Å². The van der Waals surface area contributed by atoms with E-state index in [0.717, 1.165) is 19.3 Å². The molecule has 4 heteroatoms. The summed E-state index contributed by atoms with van der Waals surface area (Å²) in [6, 6.07) is 0. The van der Waals surface area contributed by atoms with Crippen LogP contribution < -0.4 is 0 Å². The lowest BCUT2D eigenvalue weighted by molar-refractivity contribution is -0.255. The number of esters is 1. The van der Waals surface area contributed by atoms with Crippen molar-refractivity contribution in [3.05, 3.63) is 11.1 Å². The molecule has 4 nitrogen and oxygen atoms in total. The highest BCUT2D eigenvalue weighted by atomic mass is 16.7. The van der Waals surface area contributed by atoms with Crippen LogP contribution in [0.4, 0.5) is 0 Å². The van der Waals surface area contributed by atoms with Gasteiger partial charge in [-0.15, -0.1) is 0 Å². The van der Waals surface area contributed by atoms with E-state index in [4.69, 9.17) is 4.74 Å². The Labute approximate surface area is 113 Å². The molecule has 2 N–H and O–H groups in total. The van der Waals surface area contributed by atoms with Crippen molar-refractivity contribution in [2.45, 2.75) is 58.3 Å². The maximum absolute atomic E-state index is 11.7. The fourth-order valence-corrected chi connectivity index (χ4v) is 4.32. The number of aliphatic hydroxyl groups excluding tert-OH is 1. The van der Waals surface area contributed by atoms with Crippen molar-refractivity contribution in [1.82, 2.24) is 0 Å². The molecule has 2 fully saturated rings. The molecule has 0 spiro atoms. The molecule has 0 aromatic heterocycles. The van der Waals surface area contributed by atoms with Crippen molar-refractivity contribution in [2.75, 3.05) is 0 Å². The molecule has 1 aliphatic heterocycles. The zero-order valence-electron chi connectivity index (χ0n) is 11.8. The van der Waals surface area contributed by atoms with Crippen LogP contribution in [0.5, 0.6) is 0 Å². The van der Waals surface area contributed by atoms with Gasteiger partial charge in [-0.25, -0.2) is 4.79 Å². The molecular formula is C15H22O4. The van der Waals surface area contributed by atoms with Crippen LogP contribution in [-0.2, 0) is 9.53 Å². The second kappa shape index (κ2) is 3.83. The fourth-order valence-electron chi connectivity index (χ4n) is 4.32. The lowest BCUT2D eigenvalue weighted by atomic mass is 9.52. The molecule has 106 valence electrons. The van der Waals surface area contributed by atoms with E-state index in [1.54, 1.807) is 6.92 Å². The Hall–Kier alpha value is -0.870. The molecule has 3 unspecified atom stereocenters. The summed E-state index contributed by atoms with van der Waals surface area (Å²) in [5.74, 6) is -1.81. The molecule has 2 aliphatic carbocycles. The van der Waals surface area contributed by atoms with Crippen molar-refractivity contribution in [2.24, 2.45) is 17.3 Å². The van der Waals surface area contributed by atoms with Crippen molar-refractivity contribution < 1.29 is 19.7 Å². The van der Waals surface area contributed by atoms with Gasteiger partial charge in [0.05, 0.1) is 0 Å². The molecule has 0 amide bonds. The van der Waals surface area contributed by atoms with Crippen LogP contribution >= 0.6 is 0 Å². The molecule has 0 radical (unpaired) electrons. The normalized spacial score (nSPS) is 49.7. The first-order valence-corrected chi connectivity index (χ1v) is 7.14. The van der Waals surface area contributed by atoms with E-state index >= 15 is 0 Å². The maximum Gasteiger partial charge on any atom is 0.336 e. The predicted octanol–water partition coefficient (Wildman–Crippen LogP) is 1.76. The number of carbonyl (C=O) groups excluding carboxylic acids is 1. The van der Waals surface area contributed by atoms with Gasteiger partial charge in [-0.2, -0.15) is 0 Å². The Bertz CT molecular complexity index is 469. The van der Waals surface area contributed by atoms with Crippen LogP contribution in [-0.4, -0.2) is 28.1 Å². The Morgan fingerprint density at radius 1 is 1.37 bits per heavy atom. The Morgan fingerprint density at radius 2 is 2.05 bits per heavy atom. The van der Waals surface area contributed by atoms with Crippen LogP contribution in [0.25, 0.3) is 0 Å². The average molecular weight is 266 g/mol. The predicted molar refractivity (Wildman–Crippen MR) is 69.0 cm³/mol. The van der Waals surface area contributed by atoms with Gasteiger partial charge in [-0.05, 0) is 37.0 Å². The van der Waals surface area contributed by atoms with E-state index in [9.17, 15) is 15.0 Å². The molecule has 1 heterocycles. The first kappa shape index (κ1) is 13.1. The van der Waals surface area contributed by atoms with Gasteiger partial charge in [0.2, 0.25) is 0 Å². The topological polar surface area (TPSA) is 66.8 Å². The van der Waals surface area contributed by atoms with E-state index < -0.39 is 17.9 Å². The monoisotopic (exact) mass is 266 g/mol. The number of hydrogen-bond donors (Lipinski definition) is 2. The molecular weight excluding hydrogens is 244 g/mol. The standard InChI is InChI=1S/C15H22O4/c1-8-5-4-6-10-12(16)15(18)11(7-14(8,10)3)9(2)13(17)19-15/h8,10,12,16,18H,4-7H2,1-3H3/t8-,10?,12?,14+,15?/m1/s1. The van der Waals surface area contributed by atoms with Crippen LogP contribution in [0, 0.1) is 17.3 Å². The van der Waals surface area contributed by atoms with E-state index in [1.165, 1.54) is 0 Å². The van der Waals surface area contributed by atoms with Crippen LogP contribution in [0.15, 0.2) is 11.1 Å². The molecule has 5 atom stereocenters. The molecule has 3 rings (SSSR count). The van der Waals surface area contributed by atoms with Gasteiger partial charge in [-0.1, -0.05) is 26.7 Å². The summed E-state index contributed by atoms with van der Waals surface area (Å²) < 4.78 is 5.10. The quantitative estimate of drug-likeness (QED) is 0.656. The minimum atomic E-state index is -1.78. The number of rotatable bonds is 0. The number of ether oxygens (including phenoxy) is 1. The largest absolute Gasteiger partial charge is 0.423 e. The summed E-state index contributed by atoms with van der Waals surface area (Å²) in [6.45, 7) is 6.06. The minimum Gasteiger partial charge on any atom is -0.423 e. The third-order valence-corrected chi connectivity index (χ3v) is 5.90. The van der Waals surface area contributed by atoms with E-state index in [1.807, 2.05) is 0 Å². The molecule has 0 aromatic carbocycles. The number of carbonyl (C=O) groups is 1. The lowest BCUT2D eigenvalue weighted by Gasteiger charge is -2.55. The molecule has 0 bridgehead atoms. The highest BCUT2D eigenvalue weighted by Gasteiger charge is 2.62. The highest BCUT2D eigenvalue weighted by molar-refractivity contribution is 5.92. The summed E-state index contributed by atoms with van der Waals surface area (Å²) in [5.41, 5.74) is 1.01. The Balaban J connectivity index is 2.09. The smallest absolute Gasteiger partial charge is 0.336 e. The Morgan fingerprint density at radius 3 is 2.74 bits per heavy atom. The molecule has 0 saturated heterocycles. The SMILES string of the molecule is CC1=C2C[C@]3(C)C(CCC[C@H]3C)C(O)C2(O)OC1=O. The van der Waals surface area contributed by atoms with Gasteiger partial charge < -0.3 is 14.9 Å². The highest BCUT2D eigenvalue weighted by Crippen LogP contribution is 2.59. The first-order chi connectivity index (χ1) is 8.80. The number of aliphatic hydroxyl groups is 2. The maximum atomic E-state index is 11.7. The zero-order valence-corrected chi connectivity index (χ0v) is 11.8. The summed E-state index contributed by atoms with van der Waals surface area (Å²) in [4.78, 5) is 11.7. The third-order valence-electron chi connectivity index (χ3n) is 5.90. The van der Waals surface area contributed by atoms with Crippen molar-refractivity contribution in [3.63, 3.8) is 0 Å². The second-order valence-corrected chi connectivity index (χ2v) is 6.76. The van der Waals surface area contributed by atoms with Gasteiger partial charge in [0.15, 0.2) is 0 Å². The third kappa shape index (κ3) is 1.50. The number of fused-ring (bicyclic) bond motifs is 2. The van der Waals surface area contributed by atoms with Crippen molar-refractivity contribution in [3.8, 4) is 0 Å². The fraction of sp³-hybridized carbons (Fsp3) is 0.800. The first-order valence-electron chi connectivity index (χ1n) is 7.14. The molecule has 3 aliphatic rings. The van der Waals surface area contributed by atoms with Gasteiger partial charge in [0, 0.05) is 11.1 Å². The minimum absolute atomic E-state index is 0.0105. The van der Waals surface area contributed by atoms with Gasteiger partial charge in [-0.3, -0.25) is 0 Å². The van der Waals surface area contributed by atoms with Crippen LogP contribution in [0.1, 0.15) is 46.5 Å². The zero-order chi connectivity index (χ0) is 14.0. The summed E-state index contributed by atoms with van der Waals surface area (Å²) in [6.07, 6.45) is 2.71. The lowest BCUT2D eigenvalue weighted by Crippen LogP contribution is -2.60. The van der Waals surface area contributed by atoms with Crippen molar-refractivity contribution in [1.29, 1.82) is 0 Å². The van der Waals surface area contributed by atoms with E-state index in [-0.39, 0.29) is 11.3 Å². The molecule has 0 aromatic rings.